The van der Waals surface area contributed by atoms with Crippen LogP contribution in [0.5, 0.6) is 0 Å². The number of para-hydroxylation sites is 2. The SMILES string of the molecule is CN1CCC(CCCNc2cnc(-c3nc4ccccc4[nH]3)cn2)CC1. The van der Waals surface area contributed by atoms with Gasteiger partial charge in [0.2, 0.25) is 0 Å². The second kappa shape index (κ2) is 7.83. The summed E-state index contributed by atoms with van der Waals surface area (Å²) in [5.41, 5.74) is 2.72. The number of imidazole rings is 1. The number of rotatable bonds is 6. The van der Waals surface area contributed by atoms with Crippen LogP contribution in [0.1, 0.15) is 25.7 Å². The lowest BCUT2D eigenvalue weighted by atomic mass is 9.92. The quantitative estimate of drug-likeness (QED) is 0.665. The Morgan fingerprint density at radius 3 is 2.77 bits per heavy atom. The van der Waals surface area contributed by atoms with Gasteiger partial charge in [-0.05, 0) is 63.9 Å². The van der Waals surface area contributed by atoms with E-state index in [0.29, 0.717) is 0 Å². The zero-order valence-corrected chi connectivity index (χ0v) is 15.3. The van der Waals surface area contributed by atoms with E-state index in [9.17, 15) is 0 Å². The average Bonchev–Trinajstić information content (AvgIpc) is 3.11. The molecule has 1 fully saturated rings. The maximum absolute atomic E-state index is 4.56. The van der Waals surface area contributed by atoms with Crippen molar-refractivity contribution in [3.05, 3.63) is 36.7 Å². The minimum absolute atomic E-state index is 0.757. The van der Waals surface area contributed by atoms with Gasteiger partial charge in [0.05, 0.1) is 23.4 Å². The molecule has 1 saturated heterocycles. The highest BCUT2D eigenvalue weighted by Crippen LogP contribution is 2.21. The van der Waals surface area contributed by atoms with Gasteiger partial charge < -0.3 is 15.2 Å². The van der Waals surface area contributed by atoms with Crippen molar-refractivity contribution in [2.24, 2.45) is 5.92 Å². The van der Waals surface area contributed by atoms with Crippen LogP contribution >= 0.6 is 0 Å². The van der Waals surface area contributed by atoms with E-state index in [0.717, 1.165) is 40.8 Å². The Kier molecular flexibility index (Phi) is 5.11. The molecule has 6 nitrogen and oxygen atoms in total. The lowest BCUT2D eigenvalue weighted by Gasteiger charge is -2.28. The molecule has 1 aliphatic heterocycles. The molecule has 0 unspecified atom stereocenters. The highest BCUT2D eigenvalue weighted by Gasteiger charge is 2.15. The van der Waals surface area contributed by atoms with E-state index in [4.69, 9.17) is 0 Å². The molecule has 2 N–H and O–H groups in total. The minimum atomic E-state index is 0.757. The topological polar surface area (TPSA) is 69.7 Å². The van der Waals surface area contributed by atoms with Crippen molar-refractivity contribution < 1.29 is 0 Å². The smallest absolute Gasteiger partial charge is 0.158 e. The molecular weight excluding hydrogens is 324 g/mol. The van der Waals surface area contributed by atoms with Crippen LogP contribution < -0.4 is 5.32 Å². The van der Waals surface area contributed by atoms with Crippen molar-refractivity contribution in [1.29, 1.82) is 0 Å². The number of fused-ring (bicyclic) bond motifs is 1. The average molecular weight is 350 g/mol. The molecular formula is C20H26N6. The van der Waals surface area contributed by atoms with Gasteiger partial charge in [-0.1, -0.05) is 12.1 Å². The van der Waals surface area contributed by atoms with Gasteiger partial charge in [-0.3, -0.25) is 0 Å². The van der Waals surface area contributed by atoms with Gasteiger partial charge in [0.1, 0.15) is 11.5 Å². The van der Waals surface area contributed by atoms with Gasteiger partial charge in [-0.2, -0.15) is 0 Å². The predicted octanol–water partition coefficient (Wildman–Crippen LogP) is 3.55. The van der Waals surface area contributed by atoms with Gasteiger partial charge in [0.15, 0.2) is 5.82 Å². The van der Waals surface area contributed by atoms with Crippen molar-refractivity contribution in [3.8, 4) is 11.5 Å². The predicted molar refractivity (Wildman–Crippen MR) is 105 cm³/mol. The number of likely N-dealkylation sites (tertiary alicyclic amines) is 1. The summed E-state index contributed by atoms with van der Waals surface area (Å²) < 4.78 is 0. The van der Waals surface area contributed by atoms with Gasteiger partial charge in [0, 0.05) is 6.54 Å². The summed E-state index contributed by atoms with van der Waals surface area (Å²) in [5.74, 6) is 2.47. The number of hydrogen-bond donors (Lipinski definition) is 2. The molecule has 0 radical (unpaired) electrons. The van der Waals surface area contributed by atoms with Crippen molar-refractivity contribution in [2.75, 3.05) is 32.0 Å². The summed E-state index contributed by atoms with van der Waals surface area (Å²) in [4.78, 5) is 19.2. The number of H-pyrrole nitrogens is 1. The van der Waals surface area contributed by atoms with Crippen LogP contribution in [0.4, 0.5) is 5.82 Å². The fourth-order valence-electron chi connectivity index (χ4n) is 3.57. The first-order valence-corrected chi connectivity index (χ1v) is 9.47. The highest BCUT2D eigenvalue weighted by molar-refractivity contribution is 5.78. The first kappa shape index (κ1) is 17.0. The maximum Gasteiger partial charge on any atom is 0.158 e. The second-order valence-electron chi connectivity index (χ2n) is 7.21. The van der Waals surface area contributed by atoms with Crippen molar-refractivity contribution >= 4 is 16.9 Å². The minimum Gasteiger partial charge on any atom is -0.369 e. The van der Waals surface area contributed by atoms with Crippen LogP contribution in [0.3, 0.4) is 0 Å². The van der Waals surface area contributed by atoms with Crippen LogP contribution in [-0.4, -0.2) is 51.5 Å². The first-order valence-electron chi connectivity index (χ1n) is 9.47. The molecule has 2 aromatic heterocycles. The molecule has 6 heteroatoms. The summed E-state index contributed by atoms with van der Waals surface area (Å²) >= 11 is 0. The Balaban J connectivity index is 1.28. The third-order valence-corrected chi connectivity index (χ3v) is 5.22. The van der Waals surface area contributed by atoms with Crippen molar-refractivity contribution in [1.82, 2.24) is 24.8 Å². The van der Waals surface area contributed by atoms with Crippen molar-refractivity contribution in [2.45, 2.75) is 25.7 Å². The normalized spacial score (nSPS) is 16.2. The number of anilines is 1. The van der Waals surface area contributed by atoms with E-state index >= 15 is 0 Å². The Hall–Kier alpha value is -2.47. The van der Waals surface area contributed by atoms with Gasteiger partial charge >= 0.3 is 0 Å². The van der Waals surface area contributed by atoms with E-state index < -0.39 is 0 Å². The number of benzene rings is 1. The van der Waals surface area contributed by atoms with Crippen LogP contribution in [0.2, 0.25) is 0 Å². The first-order chi connectivity index (χ1) is 12.8. The molecule has 0 bridgehead atoms. The molecule has 1 aliphatic rings. The summed E-state index contributed by atoms with van der Waals surface area (Å²) in [6.45, 7) is 3.44. The third kappa shape index (κ3) is 4.02. The molecule has 1 aromatic carbocycles. The van der Waals surface area contributed by atoms with E-state index in [1.54, 1.807) is 12.4 Å². The largest absolute Gasteiger partial charge is 0.369 e. The van der Waals surface area contributed by atoms with Gasteiger partial charge in [-0.15, -0.1) is 0 Å². The summed E-state index contributed by atoms with van der Waals surface area (Å²) in [6, 6.07) is 7.98. The monoisotopic (exact) mass is 350 g/mol. The third-order valence-electron chi connectivity index (χ3n) is 5.22. The van der Waals surface area contributed by atoms with Crippen molar-refractivity contribution in [3.63, 3.8) is 0 Å². The molecule has 0 saturated carbocycles. The summed E-state index contributed by atoms with van der Waals surface area (Å²) in [6.07, 6.45) is 8.72. The molecule has 26 heavy (non-hydrogen) atoms. The number of hydrogen-bond acceptors (Lipinski definition) is 5. The lowest BCUT2D eigenvalue weighted by Crippen LogP contribution is -2.30. The molecule has 3 heterocycles. The molecule has 0 atom stereocenters. The van der Waals surface area contributed by atoms with Crippen LogP contribution in [0, 0.1) is 5.92 Å². The maximum atomic E-state index is 4.56. The highest BCUT2D eigenvalue weighted by atomic mass is 15.1. The number of aromatic nitrogens is 4. The number of nitrogens with one attached hydrogen (secondary N) is 2. The molecule has 136 valence electrons. The Labute approximate surface area is 154 Å². The number of aromatic amines is 1. The Bertz CT molecular complexity index is 800. The molecule has 0 amide bonds. The molecule has 4 rings (SSSR count). The van der Waals surface area contributed by atoms with Crippen LogP contribution in [-0.2, 0) is 0 Å². The summed E-state index contributed by atoms with van der Waals surface area (Å²) in [5, 5.41) is 3.38. The fourth-order valence-corrected chi connectivity index (χ4v) is 3.57. The van der Waals surface area contributed by atoms with Crippen LogP contribution in [0.15, 0.2) is 36.7 Å². The van der Waals surface area contributed by atoms with E-state index in [-0.39, 0.29) is 0 Å². The zero-order chi connectivity index (χ0) is 17.8. The lowest BCUT2D eigenvalue weighted by molar-refractivity contribution is 0.211. The summed E-state index contributed by atoms with van der Waals surface area (Å²) in [7, 11) is 2.21. The number of nitrogens with zero attached hydrogens (tertiary/aromatic N) is 4. The van der Waals surface area contributed by atoms with Crippen LogP contribution in [0.25, 0.3) is 22.6 Å². The standard InChI is InChI=1S/C20H26N6/c1-26-11-8-15(9-12-26)5-4-10-21-19-14-22-18(13-23-19)20-24-16-6-2-3-7-17(16)25-20/h2-3,6-7,13-15H,4-5,8-12H2,1H3,(H,21,23)(H,24,25). The second-order valence-corrected chi connectivity index (χ2v) is 7.21. The molecule has 0 spiro atoms. The van der Waals surface area contributed by atoms with Gasteiger partial charge in [-0.25, -0.2) is 15.0 Å². The molecule has 0 aliphatic carbocycles. The Morgan fingerprint density at radius 1 is 1.15 bits per heavy atom. The molecule has 3 aromatic rings. The van der Waals surface area contributed by atoms with E-state index in [1.807, 2.05) is 24.3 Å². The van der Waals surface area contributed by atoms with E-state index in [2.05, 4.69) is 37.2 Å². The van der Waals surface area contributed by atoms with Gasteiger partial charge in [0.25, 0.3) is 0 Å². The number of piperidine rings is 1. The van der Waals surface area contributed by atoms with E-state index in [1.165, 1.54) is 38.8 Å². The zero-order valence-electron chi connectivity index (χ0n) is 15.3. The Morgan fingerprint density at radius 2 is 2.00 bits per heavy atom. The fraction of sp³-hybridized carbons (Fsp3) is 0.450.